The fraction of sp³-hybridized carbons (Fsp3) is 1.00. The van der Waals surface area contributed by atoms with E-state index in [0.717, 1.165) is 18.4 Å². The molecule has 96 valence electrons. The van der Waals surface area contributed by atoms with Gasteiger partial charge < -0.3 is 10.2 Å². The second kappa shape index (κ2) is 7.29. The summed E-state index contributed by atoms with van der Waals surface area (Å²) >= 11 is 0. The van der Waals surface area contributed by atoms with Crippen LogP contribution in [0.3, 0.4) is 0 Å². The first-order valence-corrected chi connectivity index (χ1v) is 7.01. The largest absolute Gasteiger partial charge is 0.313 e. The Kier molecular flexibility index (Phi) is 6.37. The van der Waals surface area contributed by atoms with Gasteiger partial charge in [-0.1, -0.05) is 26.7 Å². The maximum Gasteiger partial charge on any atom is 0.0104 e. The average molecular weight is 226 g/mol. The molecule has 0 heterocycles. The van der Waals surface area contributed by atoms with Crippen LogP contribution in [0, 0.1) is 11.8 Å². The fourth-order valence-corrected chi connectivity index (χ4v) is 2.44. The van der Waals surface area contributed by atoms with Crippen LogP contribution in [0.25, 0.3) is 0 Å². The summed E-state index contributed by atoms with van der Waals surface area (Å²) in [6, 6.07) is 0.639. The van der Waals surface area contributed by atoms with E-state index in [9.17, 15) is 0 Å². The van der Waals surface area contributed by atoms with Gasteiger partial charge in [-0.05, 0) is 38.6 Å². The lowest BCUT2D eigenvalue weighted by Crippen LogP contribution is -2.38. The third kappa shape index (κ3) is 5.31. The minimum Gasteiger partial charge on any atom is -0.313 e. The topological polar surface area (TPSA) is 15.3 Å². The Morgan fingerprint density at radius 1 is 1.19 bits per heavy atom. The van der Waals surface area contributed by atoms with E-state index in [4.69, 9.17) is 0 Å². The number of hydrogen-bond donors (Lipinski definition) is 1. The van der Waals surface area contributed by atoms with Gasteiger partial charge in [0.1, 0.15) is 0 Å². The molecule has 2 heteroatoms. The van der Waals surface area contributed by atoms with E-state index in [2.05, 4.69) is 38.0 Å². The summed E-state index contributed by atoms with van der Waals surface area (Å²) in [5, 5.41) is 3.60. The zero-order chi connectivity index (χ0) is 12.0. The van der Waals surface area contributed by atoms with Crippen LogP contribution in [0.1, 0.15) is 46.5 Å². The lowest BCUT2D eigenvalue weighted by Gasteiger charge is -2.23. The zero-order valence-corrected chi connectivity index (χ0v) is 11.6. The highest BCUT2D eigenvalue weighted by molar-refractivity contribution is 4.71. The molecule has 1 rings (SSSR count). The normalized spacial score (nSPS) is 19.9. The van der Waals surface area contributed by atoms with Crippen LogP contribution in [-0.4, -0.2) is 37.6 Å². The molecule has 1 fully saturated rings. The van der Waals surface area contributed by atoms with Gasteiger partial charge in [0.15, 0.2) is 0 Å². The van der Waals surface area contributed by atoms with E-state index in [1.807, 2.05) is 0 Å². The molecule has 0 aromatic carbocycles. The average Bonchev–Trinajstić information content (AvgIpc) is 2.70. The lowest BCUT2D eigenvalue weighted by atomic mass is 10.1. The van der Waals surface area contributed by atoms with Gasteiger partial charge in [-0.3, -0.25) is 0 Å². The van der Waals surface area contributed by atoms with Crippen molar-refractivity contribution in [3.05, 3.63) is 0 Å². The number of nitrogens with zero attached hydrogens (tertiary/aromatic N) is 1. The minimum atomic E-state index is 0.639. The van der Waals surface area contributed by atoms with E-state index in [0.29, 0.717) is 6.04 Å². The molecular formula is C14H30N2. The maximum absolute atomic E-state index is 3.60. The molecule has 0 aromatic rings. The molecule has 1 unspecified atom stereocenters. The second-order valence-electron chi connectivity index (χ2n) is 5.90. The molecule has 2 nitrogen and oxygen atoms in total. The third-order valence-corrected chi connectivity index (χ3v) is 4.00. The van der Waals surface area contributed by atoms with Crippen LogP contribution in [0.2, 0.25) is 0 Å². The molecular weight excluding hydrogens is 196 g/mol. The Labute approximate surface area is 102 Å². The van der Waals surface area contributed by atoms with Crippen LogP contribution in [0.4, 0.5) is 0 Å². The Morgan fingerprint density at radius 2 is 1.81 bits per heavy atom. The summed E-state index contributed by atoms with van der Waals surface area (Å²) in [4.78, 5) is 2.50. The van der Waals surface area contributed by atoms with E-state index < -0.39 is 0 Å². The van der Waals surface area contributed by atoms with Gasteiger partial charge in [-0.15, -0.1) is 0 Å². The van der Waals surface area contributed by atoms with Crippen molar-refractivity contribution in [2.24, 2.45) is 11.8 Å². The predicted octanol–water partition coefficient (Wildman–Crippen LogP) is 2.74. The second-order valence-corrected chi connectivity index (χ2v) is 5.90. The Morgan fingerprint density at radius 3 is 2.38 bits per heavy atom. The summed E-state index contributed by atoms with van der Waals surface area (Å²) in [5.41, 5.74) is 0. The number of hydrogen-bond acceptors (Lipinski definition) is 2. The SMILES string of the molecule is CC(C)C(C)NCCN(C)CC1CCCC1. The predicted molar refractivity (Wildman–Crippen MR) is 71.8 cm³/mol. The molecule has 0 saturated heterocycles. The van der Waals surface area contributed by atoms with E-state index in [1.165, 1.54) is 38.8 Å². The van der Waals surface area contributed by atoms with Crippen LogP contribution in [-0.2, 0) is 0 Å². The summed E-state index contributed by atoms with van der Waals surface area (Å²) in [5.74, 6) is 1.72. The minimum absolute atomic E-state index is 0.639. The van der Waals surface area contributed by atoms with Crippen molar-refractivity contribution in [1.29, 1.82) is 0 Å². The highest BCUT2D eigenvalue weighted by Gasteiger charge is 2.16. The van der Waals surface area contributed by atoms with Crippen molar-refractivity contribution in [3.8, 4) is 0 Å². The summed E-state index contributed by atoms with van der Waals surface area (Å²) in [6.45, 7) is 10.5. The first kappa shape index (κ1) is 14.0. The molecule has 0 spiro atoms. The molecule has 16 heavy (non-hydrogen) atoms. The van der Waals surface area contributed by atoms with Gasteiger partial charge in [-0.25, -0.2) is 0 Å². The molecule has 1 N–H and O–H groups in total. The van der Waals surface area contributed by atoms with E-state index >= 15 is 0 Å². The zero-order valence-electron chi connectivity index (χ0n) is 11.6. The van der Waals surface area contributed by atoms with Gasteiger partial charge in [0.2, 0.25) is 0 Å². The number of rotatable bonds is 7. The third-order valence-electron chi connectivity index (χ3n) is 4.00. The van der Waals surface area contributed by atoms with Gasteiger partial charge in [0, 0.05) is 25.7 Å². The first-order valence-electron chi connectivity index (χ1n) is 7.01. The monoisotopic (exact) mass is 226 g/mol. The van der Waals surface area contributed by atoms with Gasteiger partial charge >= 0.3 is 0 Å². The lowest BCUT2D eigenvalue weighted by molar-refractivity contribution is 0.270. The van der Waals surface area contributed by atoms with Gasteiger partial charge in [0.05, 0.1) is 0 Å². The van der Waals surface area contributed by atoms with Crippen LogP contribution in [0.5, 0.6) is 0 Å². The quantitative estimate of drug-likeness (QED) is 0.718. The van der Waals surface area contributed by atoms with Gasteiger partial charge in [-0.2, -0.15) is 0 Å². The van der Waals surface area contributed by atoms with Crippen molar-refractivity contribution < 1.29 is 0 Å². The Balaban J connectivity index is 2.03. The van der Waals surface area contributed by atoms with E-state index in [1.54, 1.807) is 0 Å². The van der Waals surface area contributed by atoms with Crippen molar-refractivity contribution in [1.82, 2.24) is 10.2 Å². The van der Waals surface area contributed by atoms with Crippen LogP contribution >= 0.6 is 0 Å². The molecule has 0 aliphatic heterocycles. The molecule has 1 aliphatic carbocycles. The number of nitrogens with one attached hydrogen (secondary N) is 1. The molecule has 0 amide bonds. The van der Waals surface area contributed by atoms with Crippen molar-refractivity contribution in [3.63, 3.8) is 0 Å². The van der Waals surface area contributed by atoms with Crippen molar-refractivity contribution >= 4 is 0 Å². The molecule has 1 saturated carbocycles. The maximum atomic E-state index is 3.60. The van der Waals surface area contributed by atoms with Gasteiger partial charge in [0.25, 0.3) is 0 Å². The highest BCUT2D eigenvalue weighted by Crippen LogP contribution is 2.24. The smallest absolute Gasteiger partial charge is 0.0104 e. The highest BCUT2D eigenvalue weighted by atomic mass is 15.1. The summed E-state index contributed by atoms with van der Waals surface area (Å²) < 4.78 is 0. The summed E-state index contributed by atoms with van der Waals surface area (Å²) in [6.07, 6.45) is 5.84. The van der Waals surface area contributed by atoms with Crippen molar-refractivity contribution in [2.45, 2.75) is 52.5 Å². The summed E-state index contributed by atoms with van der Waals surface area (Å²) in [7, 11) is 2.26. The Bertz CT molecular complexity index is 174. The van der Waals surface area contributed by atoms with Crippen LogP contribution < -0.4 is 5.32 Å². The molecule has 0 bridgehead atoms. The first-order chi connectivity index (χ1) is 7.59. The van der Waals surface area contributed by atoms with Crippen molar-refractivity contribution in [2.75, 3.05) is 26.7 Å². The molecule has 1 aliphatic rings. The Hall–Kier alpha value is -0.0800. The molecule has 1 atom stereocenters. The van der Waals surface area contributed by atoms with Crippen LogP contribution in [0.15, 0.2) is 0 Å². The van der Waals surface area contributed by atoms with E-state index in [-0.39, 0.29) is 0 Å². The number of likely N-dealkylation sites (N-methyl/N-ethyl adjacent to an activating group) is 1. The fourth-order valence-electron chi connectivity index (χ4n) is 2.44. The standard InChI is InChI=1S/C14H30N2/c1-12(2)13(3)15-9-10-16(4)11-14-7-5-6-8-14/h12-15H,5-11H2,1-4H3. The molecule has 0 radical (unpaired) electrons. The molecule has 0 aromatic heterocycles.